The summed E-state index contributed by atoms with van der Waals surface area (Å²) in [5.74, 6) is 0.377. The minimum atomic E-state index is -4.20. The minimum absolute atomic E-state index is 0.00984. The Bertz CT molecular complexity index is 324. The maximum atomic E-state index is 11.9. The van der Waals surface area contributed by atoms with Crippen LogP contribution in [-0.4, -0.2) is 22.4 Å². The van der Waals surface area contributed by atoms with Crippen molar-refractivity contribution in [1.82, 2.24) is 10.1 Å². The lowest BCUT2D eigenvalue weighted by Gasteiger charge is -2.03. The van der Waals surface area contributed by atoms with Crippen molar-refractivity contribution in [1.29, 1.82) is 0 Å². The van der Waals surface area contributed by atoms with Crippen LogP contribution >= 0.6 is 0 Å². The first-order valence-electron chi connectivity index (χ1n) is 5.04. The van der Waals surface area contributed by atoms with Gasteiger partial charge in [-0.25, -0.2) is 0 Å². The summed E-state index contributed by atoms with van der Waals surface area (Å²) in [6.45, 7) is 1.91. The molecule has 0 radical (unpaired) electrons. The molecule has 0 aromatic carbocycles. The van der Waals surface area contributed by atoms with E-state index in [1.54, 1.807) is 0 Å². The van der Waals surface area contributed by atoms with Crippen LogP contribution in [-0.2, 0) is 12.8 Å². The van der Waals surface area contributed by atoms with E-state index in [2.05, 4.69) is 14.7 Å². The number of halogens is 3. The Morgan fingerprint density at radius 2 is 2.12 bits per heavy atom. The van der Waals surface area contributed by atoms with Gasteiger partial charge in [0.2, 0.25) is 5.89 Å². The van der Waals surface area contributed by atoms with E-state index in [0.29, 0.717) is 12.2 Å². The predicted octanol–water partition coefficient (Wildman–Crippen LogP) is 1.84. The van der Waals surface area contributed by atoms with E-state index in [0.717, 1.165) is 6.42 Å². The monoisotopic (exact) mass is 237 g/mol. The lowest BCUT2D eigenvalue weighted by atomic mass is 10.2. The van der Waals surface area contributed by atoms with Crippen LogP contribution in [0.3, 0.4) is 0 Å². The Morgan fingerprint density at radius 1 is 1.44 bits per heavy atom. The number of hydrogen-bond acceptors (Lipinski definition) is 4. The molecule has 16 heavy (non-hydrogen) atoms. The van der Waals surface area contributed by atoms with Crippen molar-refractivity contribution in [3.8, 4) is 0 Å². The molecule has 1 aromatic heterocycles. The molecule has 0 aliphatic carbocycles. The summed E-state index contributed by atoms with van der Waals surface area (Å²) in [5.41, 5.74) is 5.66. The molecule has 0 bridgehead atoms. The van der Waals surface area contributed by atoms with E-state index in [1.807, 2.05) is 6.92 Å². The number of aryl methyl sites for hydroxylation is 1. The average molecular weight is 237 g/mol. The molecule has 2 N–H and O–H groups in total. The third kappa shape index (κ3) is 4.61. The van der Waals surface area contributed by atoms with Crippen molar-refractivity contribution in [3.05, 3.63) is 11.7 Å². The van der Waals surface area contributed by atoms with Crippen molar-refractivity contribution in [2.45, 2.75) is 44.8 Å². The molecule has 0 saturated carbocycles. The van der Waals surface area contributed by atoms with Crippen LogP contribution < -0.4 is 5.73 Å². The molecule has 7 heteroatoms. The quantitative estimate of drug-likeness (QED) is 0.848. The third-order valence-electron chi connectivity index (χ3n) is 2.10. The van der Waals surface area contributed by atoms with E-state index in [4.69, 9.17) is 5.73 Å². The topological polar surface area (TPSA) is 64.9 Å². The zero-order valence-corrected chi connectivity index (χ0v) is 8.92. The van der Waals surface area contributed by atoms with Crippen LogP contribution in [0.4, 0.5) is 13.2 Å². The number of rotatable bonds is 5. The summed E-state index contributed by atoms with van der Waals surface area (Å²) < 4.78 is 40.4. The van der Waals surface area contributed by atoms with Crippen LogP contribution in [0.1, 0.15) is 31.5 Å². The van der Waals surface area contributed by atoms with Crippen LogP contribution in [0, 0.1) is 0 Å². The Hall–Kier alpha value is -1.11. The number of alkyl halides is 3. The molecule has 1 aromatic rings. The fourth-order valence-electron chi connectivity index (χ4n) is 1.10. The second kappa shape index (κ2) is 5.29. The Labute approximate surface area is 91.0 Å². The summed E-state index contributed by atoms with van der Waals surface area (Å²) in [6.07, 6.45) is -4.25. The number of hydrogen-bond donors (Lipinski definition) is 1. The lowest BCUT2D eigenvalue weighted by Crippen LogP contribution is -2.22. The molecule has 0 aliphatic heterocycles. The van der Waals surface area contributed by atoms with Crippen LogP contribution in [0.5, 0.6) is 0 Å². The van der Waals surface area contributed by atoms with Gasteiger partial charge >= 0.3 is 6.18 Å². The first-order valence-corrected chi connectivity index (χ1v) is 5.04. The highest BCUT2D eigenvalue weighted by molar-refractivity contribution is 4.89. The molecule has 0 saturated heterocycles. The molecule has 0 amide bonds. The second-order valence-electron chi connectivity index (χ2n) is 3.59. The van der Waals surface area contributed by atoms with Gasteiger partial charge in [0.05, 0.1) is 6.42 Å². The second-order valence-corrected chi connectivity index (χ2v) is 3.59. The van der Waals surface area contributed by atoms with Crippen molar-refractivity contribution < 1.29 is 17.7 Å². The zero-order chi connectivity index (χ0) is 12.2. The smallest absolute Gasteiger partial charge is 0.339 e. The number of nitrogens with zero attached hydrogens (tertiary/aromatic N) is 2. The highest BCUT2D eigenvalue weighted by Crippen LogP contribution is 2.21. The van der Waals surface area contributed by atoms with E-state index >= 15 is 0 Å². The molecule has 0 spiro atoms. The highest BCUT2D eigenvalue weighted by Gasteiger charge is 2.27. The van der Waals surface area contributed by atoms with Crippen LogP contribution in [0.15, 0.2) is 4.52 Å². The van der Waals surface area contributed by atoms with Gasteiger partial charge in [-0.3, -0.25) is 0 Å². The Kier molecular flexibility index (Phi) is 4.28. The Morgan fingerprint density at radius 3 is 2.69 bits per heavy atom. The molecule has 1 atom stereocenters. The highest BCUT2D eigenvalue weighted by atomic mass is 19.4. The molecular weight excluding hydrogens is 223 g/mol. The summed E-state index contributed by atoms with van der Waals surface area (Å²) in [6, 6.07) is -0.0898. The molecule has 1 heterocycles. The van der Waals surface area contributed by atoms with Gasteiger partial charge in [-0.15, -0.1) is 0 Å². The van der Waals surface area contributed by atoms with Gasteiger partial charge in [-0.2, -0.15) is 18.2 Å². The van der Waals surface area contributed by atoms with Gasteiger partial charge in [0.25, 0.3) is 0 Å². The third-order valence-corrected chi connectivity index (χ3v) is 2.10. The van der Waals surface area contributed by atoms with E-state index < -0.39 is 12.6 Å². The average Bonchev–Trinajstić information content (AvgIpc) is 2.61. The van der Waals surface area contributed by atoms with Gasteiger partial charge < -0.3 is 10.3 Å². The van der Waals surface area contributed by atoms with Gasteiger partial charge in [-0.05, 0) is 6.42 Å². The van der Waals surface area contributed by atoms with Crippen LogP contribution in [0.25, 0.3) is 0 Å². The van der Waals surface area contributed by atoms with Gasteiger partial charge in [0.1, 0.15) is 0 Å². The summed E-state index contributed by atoms with van der Waals surface area (Å²) in [5, 5.41) is 3.57. The normalized spacial score (nSPS) is 14.1. The van der Waals surface area contributed by atoms with Gasteiger partial charge in [-0.1, -0.05) is 12.1 Å². The molecule has 0 fully saturated rings. The maximum absolute atomic E-state index is 11.9. The van der Waals surface area contributed by atoms with Crippen molar-refractivity contribution >= 4 is 0 Å². The maximum Gasteiger partial charge on any atom is 0.389 e. The number of aromatic nitrogens is 2. The van der Waals surface area contributed by atoms with Gasteiger partial charge in [0.15, 0.2) is 5.82 Å². The molecule has 1 unspecified atom stereocenters. The number of nitrogens with two attached hydrogens (primary N) is 1. The molecular formula is C9H14F3N3O. The molecule has 1 rings (SSSR count). The largest absolute Gasteiger partial charge is 0.389 e. The van der Waals surface area contributed by atoms with E-state index in [1.165, 1.54) is 0 Å². The Balaban J connectivity index is 2.45. The van der Waals surface area contributed by atoms with Crippen molar-refractivity contribution in [2.75, 3.05) is 0 Å². The fraction of sp³-hybridized carbons (Fsp3) is 0.778. The van der Waals surface area contributed by atoms with Crippen LogP contribution in [0.2, 0.25) is 0 Å². The summed E-state index contributed by atoms with van der Waals surface area (Å²) in [4.78, 5) is 3.84. The van der Waals surface area contributed by atoms with E-state index in [-0.39, 0.29) is 18.4 Å². The minimum Gasteiger partial charge on any atom is -0.339 e. The predicted molar refractivity (Wildman–Crippen MR) is 50.6 cm³/mol. The summed E-state index contributed by atoms with van der Waals surface area (Å²) in [7, 11) is 0. The van der Waals surface area contributed by atoms with Crippen molar-refractivity contribution in [3.63, 3.8) is 0 Å². The standard InChI is InChI=1S/C9H14F3N3O/c1-2-6(13)5-7-14-8(16-15-7)3-4-9(10,11)12/h6H,2-5,13H2,1H3. The first-order chi connectivity index (χ1) is 7.40. The van der Waals surface area contributed by atoms with E-state index in [9.17, 15) is 13.2 Å². The molecule has 4 nitrogen and oxygen atoms in total. The summed E-state index contributed by atoms with van der Waals surface area (Å²) >= 11 is 0. The zero-order valence-electron chi connectivity index (χ0n) is 8.92. The van der Waals surface area contributed by atoms with Crippen molar-refractivity contribution in [2.24, 2.45) is 5.73 Å². The molecule has 92 valence electrons. The van der Waals surface area contributed by atoms with Gasteiger partial charge in [0, 0.05) is 18.9 Å². The lowest BCUT2D eigenvalue weighted by molar-refractivity contribution is -0.134. The fourth-order valence-corrected chi connectivity index (χ4v) is 1.10. The SMILES string of the molecule is CCC(N)Cc1noc(CCC(F)(F)F)n1. The first kappa shape index (κ1) is 13.0. The molecule has 0 aliphatic rings.